The second kappa shape index (κ2) is 7.93. The highest BCUT2D eigenvalue weighted by atomic mass is 17.1. The molecule has 0 aromatic carbocycles. The zero-order chi connectivity index (χ0) is 27.4. The summed E-state index contributed by atoms with van der Waals surface area (Å²) in [6.07, 6.45) is 10.3. The monoisotopic (exact) mass is 514 g/mol. The summed E-state index contributed by atoms with van der Waals surface area (Å²) in [6, 6.07) is 0. The van der Waals surface area contributed by atoms with Crippen LogP contribution in [0.3, 0.4) is 0 Å². The summed E-state index contributed by atoms with van der Waals surface area (Å²) in [5, 5.41) is 10.7. The fourth-order valence-electron chi connectivity index (χ4n) is 11.0. The first kappa shape index (κ1) is 27.4. The van der Waals surface area contributed by atoms with Gasteiger partial charge in [-0.25, -0.2) is 4.89 Å². The molecular formula is C32H50O5. The molecule has 0 saturated heterocycles. The number of ether oxygens (including phenoxy) is 1. The maximum Gasteiger partial charge on any atom is 0.302 e. The number of esters is 1. The lowest BCUT2D eigenvalue weighted by atomic mass is 9.33. The van der Waals surface area contributed by atoms with E-state index in [1.807, 2.05) is 6.08 Å². The summed E-state index contributed by atoms with van der Waals surface area (Å²) in [5.41, 5.74) is -0.737. The summed E-state index contributed by atoms with van der Waals surface area (Å²) in [6.45, 7) is 19.9. The average molecular weight is 515 g/mol. The Balaban J connectivity index is 1.63. The molecular weight excluding hydrogens is 464 g/mol. The lowest BCUT2D eigenvalue weighted by Crippen LogP contribution is -2.70. The van der Waals surface area contributed by atoms with Crippen LogP contribution < -0.4 is 0 Å². The lowest BCUT2D eigenvalue weighted by Gasteiger charge is -2.72. The molecule has 37 heavy (non-hydrogen) atoms. The van der Waals surface area contributed by atoms with Gasteiger partial charge < -0.3 is 4.74 Å². The number of hydrogen-bond donors (Lipinski definition) is 1. The second-order valence-electron chi connectivity index (χ2n) is 16.0. The fraction of sp³-hybridized carbons (Fsp3) is 0.875. The number of rotatable bonds is 2. The Morgan fingerprint density at radius 1 is 0.919 bits per heavy atom. The summed E-state index contributed by atoms with van der Waals surface area (Å²) in [4.78, 5) is 32.0. The van der Waals surface area contributed by atoms with Gasteiger partial charge in [-0.05, 0) is 97.0 Å². The molecule has 5 aliphatic rings. The molecule has 0 unspecified atom stereocenters. The molecule has 4 fully saturated rings. The van der Waals surface area contributed by atoms with Crippen molar-refractivity contribution < 1.29 is 24.5 Å². The van der Waals surface area contributed by atoms with Crippen LogP contribution in [0.5, 0.6) is 0 Å². The van der Waals surface area contributed by atoms with Crippen LogP contribution in [-0.2, 0) is 19.2 Å². The normalized spacial score (nSPS) is 50.1. The van der Waals surface area contributed by atoms with Crippen molar-refractivity contribution in [1.29, 1.82) is 0 Å². The average Bonchev–Trinajstić information content (AvgIpc) is 2.78. The standard InChI is InChI=1S/C32H50O5/c1-20(33)36-24-11-12-29(7)22(27(24,4)5)10-13-31(9)25(29)21(34)18-23-30(31,8)17-16-28(6)15-14-26(2,3)19-32(23,28)37-35/h18,22,24-25,35H,10-17,19H2,1-9H3/t22-,24-,25+,28+,29-,30+,31+,32-/m0/s1. The van der Waals surface area contributed by atoms with Crippen molar-refractivity contribution in [3.63, 3.8) is 0 Å². The number of carbonyl (C=O) groups is 2. The first-order valence-corrected chi connectivity index (χ1v) is 14.7. The highest BCUT2D eigenvalue weighted by Crippen LogP contribution is 2.76. The van der Waals surface area contributed by atoms with E-state index in [4.69, 9.17) is 9.62 Å². The number of allylic oxidation sites excluding steroid dienone is 1. The first-order valence-electron chi connectivity index (χ1n) is 14.7. The second-order valence-corrected chi connectivity index (χ2v) is 16.0. The molecule has 0 bridgehead atoms. The van der Waals surface area contributed by atoms with Crippen LogP contribution in [0.1, 0.15) is 120 Å². The third-order valence-corrected chi connectivity index (χ3v) is 13.3. The topological polar surface area (TPSA) is 72.8 Å². The van der Waals surface area contributed by atoms with Gasteiger partial charge in [0, 0.05) is 23.7 Å². The van der Waals surface area contributed by atoms with E-state index in [1.54, 1.807) is 0 Å². The molecule has 0 heterocycles. The highest BCUT2D eigenvalue weighted by Gasteiger charge is 2.73. The Morgan fingerprint density at radius 2 is 1.57 bits per heavy atom. The summed E-state index contributed by atoms with van der Waals surface area (Å²) in [7, 11) is 0. The van der Waals surface area contributed by atoms with Crippen LogP contribution in [0.2, 0.25) is 0 Å². The maximum atomic E-state index is 14.5. The van der Waals surface area contributed by atoms with Crippen LogP contribution in [0.4, 0.5) is 0 Å². The maximum absolute atomic E-state index is 14.5. The van der Waals surface area contributed by atoms with E-state index in [2.05, 4.69) is 55.4 Å². The first-order chi connectivity index (χ1) is 16.9. The number of fused-ring (bicyclic) bond motifs is 7. The van der Waals surface area contributed by atoms with Crippen molar-refractivity contribution >= 4 is 11.8 Å². The quantitative estimate of drug-likeness (QED) is 0.234. The van der Waals surface area contributed by atoms with E-state index in [9.17, 15) is 14.8 Å². The minimum absolute atomic E-state index is 0.0326. The van der Waals surface area contributed by atoms with Gasteiger partial charge in [-0.2, -0.15) is 0 Å². The Hall–Kier alpha value is -1.20. The van der Waals surface area contributed by atoms with Crippen LogP contribution in [0, 0.1) is 44.3 Å². The molecule has 1 N–H and O–H groups in total. The molecule has 5 nitrogen and oxygen atoms in total. The van der Waals surface area contributed by atoms with Gasteiger partial charge in [0.05, 0.1) is 0 Å². The van der Waals surface area contributed by atoms with E-state index in [-0.39, 0.29) is 56.3 Å². The van der Waals surface area contributed by atoms with Gasteiger partial charge >= 0.3 is 5.97 Å². The predicted octanol–water partition coefficient (Wildman–Crippen LogP) is 7.53. The molecule has 0 spiro atoms. The summed E-state index contributed by atoms with van der Waals surface area (Å²) >= 11 is 0. The lowest BCUT2D eigenvalue weighted by molar-refractivity contribution is -0.368. The van der Waals surface area contributed by atoms with Crippen LogP contribution in [0.25, 0.3) is 0 Å². The molecule has 5 aliphatic carbocycles. The third kappa shape index (κ3) is 3.34. The van der Waals surface area contributed by atoms with E-state index in [0.717, 1.165) is 63.4 Å². The van der Waals surface area contributed by atoms with E-state index < -0.39 is 5.60 Å². The zero-order valence-corrected chi connectivity index (χ0v) is 24.8. The number of hydrogen-bond acceptors (Lipinski definition) is 5. The third-order valence-electron chi connectivity index (χ3n) is 13.3. The molecule has 0 aliphatic heterocycles. The Labute approximate surface area is 224 Å². The molecule has 0 aromatic heterocycles. The molecule has 5 heteroatoms. The molecule has 5 rings (SSSR count). The Bertz CT molecular complexity index is 1040. The van der Waals surface area contributed by atoms with Gasteiger partial charge in [-0.3, -0.25) is 14.8 Å². The molecule has 0 radical (unpaired) electrons. The highest BCUT2D eigenvalue weighted by molar-refractivity contribution is 5.96. The van der Waals surface area contributed by atoms with Crippen molar-refractivity contribution in [2.75, 3.05) is 0 Å². The molecule has 0 aromatic rings. The van der Waals surface area contributed by atoms with Gasteiger partial charge in [-0.15, -0.1) is 0 Å². The van der Waals surface area contributed by atoms with Crippen LogP contribution >= 0.6 is 0 Å². The number of carbonyl (C=O) groups excluding carboxylic acids is 2. The zero-order valence-electron chi connectivity index (χ0n) is 24.8. The fourth-order valence-corrected chi connectivity index (χ4v) is 11.0. The van der Waals surface area contributed by atoms with Crippen molar-refractivity contribution in [3.05, 3.63) is 11.6 Å². The van der Waals surface area contributed by atoms with Gasteiger partial charge in [0.15, 0.2) is 5.78 Å². The Kier molecular flexibility index (Phi) is 5.87. The minimum Gasteiger partial charge on any atom is -0.462 e. The SMILES string of the molecule is CC(=O)O[C@H]1CC[C@]2(C)[C@H]3C(=O)C=C4[C@@]5(OO)CC(C)(C)CC[C@]5(C)CC[C@@]4(C)[C@]3(C)CC[C@H]2C1(C)C. The van der Waals surface area contributed by atoms with Crippen LogP contribution in [-0.4, -0.2) is 28.7 Å². The largest absolute Gasteiger partial charge is 0.462 e. The van der Waals surface area contributed by atoms with Gasteiger partial charge in [0.1, 0.15) is 11.7 Å². The van der Waals surface area contributed by atoms with Crippen molar-refractivity contribution in [1.82, 2.24) is 0 Å². The van der Waals surface area contributed by atoms with Gasteiger partial charge in [-0.1, -0.05) is 55.4 Å². The van der Waals surface area contributed by atoms with Crippen molar-refractivity contribution in [3.8, 4) is 0 Å². The smallest absolute Gasteiger partial charge is 0.302 e. The van der Waals surface area contributed by atoms with Crippen molar-refractivity contribution in [2.24, 2.45) is 44.3 Å². The van der Waals surface area contributed by atoms with Gasteiger partial charge in [0.2, 0.25) is 0 Å². The molecule has 4 saturated carbocycles. The molecule has 208 valence electrons. The summed E-state index contributed by atoms with van der Waals surface area (Å²) in [5.74, 6) is 0.199. The van der Waals surface area contributed by atoms with E-state index >= 15 is 0 Å². The number of ketones is 1. The van der Waals surface area contributed by atoms with Crippen molar-refractivity contribution in [2.45, 2.75) is 132 Å². The summed E-state index contributed by atoms with van der Waals surface area (Å²) < 4.78 is 5.83. The minimum atomic E-state index is -0.824. The van der Waals surface area contributed by atoms with E-state index in [0.29, 0.717) is 5.92 Å². The van der Waals surface area contributed by atoms with E-state index in [1.165, 1.54) is 6.92 Å². The van der Waals surface area contributed by atoms with Gasteiger partial charge in [0.25, 0.3) is 0 Å². The molecule has 0 amide bonds. The van der Waals surface area contributed by atoms with Crippen LogP contribution in [0.15, 0.2) is 11.6 Å². The molecule has 8 atom stereocenters. The Morgan fingerprint density at radius 3 is 2.19 bits per heavy atom. The predicted molar refractivity (Wildman–Crippen MR) is 144 cm³/mol.